The summed E-state index contributed by atoms with van der Waals surface area (Å²) >= 11 is 0. The number of hydrogen-bond acceptors (Lipinski definition) is 11. The highest BCUT2D eigenvalue weighted by atomic mass is 19.4. The predicted octanol–water partition coefficient (Wildman–Crippen LogP) is 0.690. The van der Waals surface area contributed by atoms with Crippen molar-refractivity contribution in [2.45, 2.75) is 24.2 Å². The Morgan fingerprint density at radius 2 is 2.02 bits per heavy atom. The van der Waals surface area contributed by atoms with Gasteiger partial charge >= 0.3 is 6.18 Å². The molecule has 3 aromatic heterocycles. The average molecular weight is 613 g/mol. The quantitative estimate of drug-likeness (QED) is 0.372. The number of aromatic nitrogens is 5. The predicted molar refractivity (Wildman–Crippen MR) is 150 cm³/mol. The summed E-state index contributed by atoms with van der Waals surface area (Å²) in [6.45, 7) is 5.93. The Hall–Kier alpha value is -4.40. The lowest BCUT2D eigenvalue weighted by Crippen LogP contribution is -2.63. The molecule has 1 amide bonds. The highest BCUT2D eigenvalue weighted by Gasteiger charge is 2.47. The van der Waals surface area contributed by atoms with E-state index in [2.05, 4.69) is 36.9 Å². The number of amides is 1. The lowest BCUT2D eigenvalue weighted by Gasteiger charge is -2.50. The third kappa shape index (κ3) is 5.29. The number of halogens is 3. The molecule has 0 bridgehead atoms. The van der Waals surface area contributed by atoms with Gasteiger partial charge in [0.15, 0.2) is 5.65 Å². The summed E-state index contributed by atoms with van der Waals surface area (Å²) in [6.07, 6.45) is 0.835. The van der Waals surface area contributed by atoms with Gasteiger partial charge in [-0.15, -0.1) is 5.10 Å². The Kier molecular flexibility index (Phi) is 7.06. The Bertz CT molecular complexity index is 1610. The third-order valence-corrected chi connectivity index (χ3v) is 8.62. The number of alkyl halides is 3. The van der Waals surface area contributed by atoms with Gasteiger partial charge in [-0.1, -0.05) is 0 Å². The topological polar surface area (TPSA) is 135 Å². The maximum Gasteiger partial charge on any atom is 0.419 e. The van der Waals surface area contributed by atoms with E-state index in [4.69, 9.17) is 4.74 Å². The molecular formula is C27H31F3N12O2. The Labute approximate surface area is 250 Å². The van der Waals surface area contributed by atoms with E-state index in [9.17, 15) is 23.2 Å². The van der Waals surface area contributed by atoms with Crippen molar-refractivity contribution in [2.75, 3.05) is 75.8 Å². The zero-order valence-electron chi connectivity index (χ0n) is 23.7. The van der Waals surface area contributed by atoms with Gasteiger partial charge in [-0.05, 0) is 12.1 Å². The minimum Gasteiger partial charge on any atom is -0.378 e. The third-order valence-electron chi connectivity index (χ3n) is 8.62. The van der Waals surface area contributed by atoms with Gasteiger partial charge in [0.05, 0.1) is 61.4 Å². The number of nitrogens with zero attached hydrogens (tertiary/aromatic N) is 10. The average Bonchev–Trinajstić information content (AvgIpc) is 3.70. The van der Waals surface area contributed by atoms with Gasteiger partial charge in [0, 0.05) is 57.9 Å². The molecule has 17 heteroatoms. The van der Waals surface area contributed by atoms with Gasteiger partial charge in [0.2, 0.25) is 11.9 Å². The SMILES string of the molecule is N#CCC1(n2cc(C(F)(F)F)cn2)CN(c2cccn3nc(NC4=CN(CC(=O)N5CCN(C6COC6)CC5)NC4)nc23)C1. The normalized spacial score (nSPS) is 20.8. The van der Waals surface area contributed by atoms with Gasteiger partial charge in [0.25, 0.3) is 0 Å². The second-order valence-corrected chi connectivity index (χ2v) is 11.5. The molecule has 44 heavy (non-hydrogen) atoms. The Morgan fingerprint density at radius 3 is 2.70 bits per heavy atom. The summed E-state index contributed by atoms with van der Waals surface area (Å²) in [5, 5.41) is 22.9. The fourth-order valence-electron chi connectivity index (χ4n) is 6.04. The first-order chi connectivity index (χ1) is 21.2. The minimum absolute atomic E-state index is 0.0113. The second-order valence-electron chi connectivity index (χ2n) is 11.5. The summed E-state index contributed by atoms with van der Waals surface area (Å²) in [4.78, 5) is 23.8. The van der Waals surface area contributed by atoms with Gasteiger partial charge in [-0.25, -0.2) is 9.94 Å². The number of carbonyl (C=O) groups excluding carboxylic acids is 1. The lowest BCUT2D eigenvalue weighted by molar-refractivity contribution is -0.138. The van der Waals surface area contributed by atoms with Crippen LogP contribution < -0.4 is 15.6 Å². The minimum atomic E-state index is -4.51. The molecule has 0 unspecified atom stereocenters. The van der Waals surface area contributed by atoms with Gasteiger partial charge < -0.3 is 24.9 Å². The number of nitrogens with one attached hydrogen (secondary N) is 2. The zero-order valence-corrected chi connectivity index (χ0v) is 23.7. The number of anilines is 2. The Balaban J connectivity index is 0.984. The van der Waals surface area contributed by atoms with E-state index < -0.39 is 17.3 Å². The summed E-state index contributed by atoms with van der Waals surface area (Å²) in [6, 6.07) is 6.25. The molecule has 0 atom stereocenters. The number of pyridine rings is 1. The van der Waals surface area contributed by atoms with Gasteiger partial charge in [-0.2, -0.15) is 28.5 Å². The van der Waals surface area contributed by atoms with Crippen LogP contribution in [0.5, 0.6) is 0 Å². The fourth-order valence-corrected chi connectivity index (χ4v) is 6.04. The van der Waals surface area contributed by atoms with Gasteiger partial charge in [-0.3, -0.25) is 14.4 Å². The molecule has 3 saturated heterocycles. The van der Waals surface area contributed by atoms with Crippen molar-refractivity contribution in [3.8, 4) is 6.07 Å². The number of rotatable bonds is 8. The number of piperazine rings is 1. The van der Waals surface area contributed by atoms with Gasteiger partial charge in [0.1, 0.15) is 12.1 Å². The molecular weight excluding hydrogens is 581 g/mol. The van der Waals surface area contributed by atoms with Crippen molar-refractivity contribution in [3.63, 3.8) is 0 Å². The fraction of sp³-hybridized carbons (Fsp3) is 0.519. The molecule has 232 valence electrons. The summed E-state index contributed by atoms with van der Waals surface area (Å²) in [5.74, 6) is 0.419. The molecule has 0 aliphatic carbocycles. The number of hydrogen-bond donors (Lipinski definition) is 2. The first-order valence-electron chi connectivity index (χ1n) is 14.4. The van der Waals surface area contributed by atoms with Crippen molar-refractivity contribution < 1.29 is 22.7 Å². The molecule has 2 N–H and O–H groups in total. The van der Waals surface area contributed by atoms with E-state index >= 15 is 0 Å². The van der Waals surface area contributed by atoms with Crippen LogP contribution in [0.4, 0.5) is 24.8 Å². The van der Waals surface area contributed by atoms with Crippen LogP contribution in [-0.2, 0) is 21.2 Å². The van der Waals surface area contributed by atoms with Crippen LogP contribution in [0.1, 0.15) is 12.0 Å². The molecule has 7 rings (SSSR count). The maximum atomic E-state index is 13.2. The second kappa shape index (κ2) is 10.9. The van der Waals surface area contributed by atoms with Crippen LogP contribution in [0.2, 0.25) is 0 Å². The maximum absolute atomic E-state index is 13.2. The lowest BCUT2D eigenvalue weighted by atomic mass is 9.86. The first kappa shape index (κ1) is 28.4. The molecule has 0 spiro atoms. The number of ether oxygens (including phenoxy) is 1. The molecule has 4 aliphatic heterocycles. The summed E-state index contributed by atoms with van der Waals surface area (Å²) < 4.78 is 47.7. The zero-order chi connectivity index (χ0) is 30.5. The molecule has 0 saturated carbocycles. The largest absolute Gasteiger partial charge is 0.419 e. The smallest absolute Gasteiger partial charge is 0.378 e. The molecule has 3 fully saturated rings. The standard InChI is InChI=1S/C27H31F3N12O2/c28-27(29,30)19-10-33-42(12-19)26(3-4-31)17-39(18-26)22-2-1-5-41-24(22)35-25(36-41)34-20-11-32-40(13-20)14-23(43)38-8-6-37(7-9-38)21-15-44-16-21/h1-2,5,10,12-13,21,32H,3,6-9,11,14-18H2,(H,34,36). The van der Waals surface area contributed by atoms with Crippen LogP contribution in [0.15, 0.2) is 42.6 Å². The van der Waals surface area contributed by atoms with E-state index in [1.807, 2.05) is 28.1 Å². The van der Waals surface area contributed by atoms with Crippen LogP contribution in [0, 0.1) is 11.3 Å². The van der Waals surface area contributed by atoms with Crippen LogP contribution in [0.3, 0.4) is 0 Å². The van der Waals surface area contributed by atoms with Crippen LogP contribution in [-0.4, -0.2) is 117 Å². The summed E-state index contributed by atoms with van der Waals surface area (Å²) in [5.41, 5.74) is 3.56. The van der Waals surface area contributed by atoms with Crippen LogP contribution >= 0.6 is 0 Å². The molecule has 0 radical (unpaired) electrons. The van der Waals surface area contributed by atoms with E-state index in [1.165, 1.54) is 4.68 Å². The highest BCUT2D eigenvalue weighted by Crippen LogP contribution is 2.39. The molecule has 14 nitrogen and oxygen atoms in total. The molecule has 4 aliphatic rings. The molecule has 0 aromatic carbocycles. The van der Waals surface area contributed by atoms with Crippen molar-refractivity contribution >= 4 is 23.2 Å². The first-order valence-corrected chi connectivity index (χ1v) is 14.4. The number of hydrazine groups is 1. The van der Waals surface area contributed by atoms with Crippen molar-refractivity contribution in [3.05, 3.63) is 48.2 Å². The number of nitriles is 1. The summed E-state index contributed by atoms with van der Waals surface area (Å²) in [7, 11) is 0. The van der Waals surface area contributed by atoms with Crippen molar-refractivity contribution in [1.82, 2.24) is 44.6 Å². The van der Waals surface area contributed by atoms with E-state index in [-0.39, 0.29) is 32.0 Å². The van der Waals surface area contributed by atoms with E-state index in [0.29, 0.717) is 37.3 Å². The number of fused-ring (bicyclic) bond motifs is 1. The monoisotopic (exact) mass is 612 g/mol. The highest BCUT2D eigenvalue weighted by molar-refractivity contribution is 5.78. The number of carbonyl (C=O) groups is 1. The van der Waals surface area contributed by atoms with Crippen molar-refractivity contribution in [2.24, 2.45) is 0 Å². The Morgan fingerprint density at radius 1 is 1.23 bits per heavy atom. The van der Waals surface area contributed by atoms with Crippen molar-refractivity contribution in [1.29, 1.82) is 5.26 Å². The van der Waals surface area contributed by atoms with E-state index in [1.54, 1.807) is 15.7 Å². The van der Waals surface area contributed by atoms with E-state index in [0.717, 1.165) is 50.1 Å². The molecule has 3 aromatic rings. The van der Waals surface area contributed by atoms with Crippen LogP contribution in [0.25, 0.3) is 5.65 Å². The molecule has 7 heterocycles.